The molecule has 0 spiro atoms. The van der Waals surface area contributed by atoms with Crippen LogP contribution in [0.15, 0.2) is 0 Å². The van der Waals surface area contributed by atoms with Gasteiger partial charge in [-0.25, -0.2) is 0 Å². The van der Waals surface area contributed by atoms with Gasteiger partial charge in [-0.3, -0.25) is 0 Å². The second-order valence-corrected chi connectivity index (χ2v) is 6.47. The van der Waals surface area contributed by atoms with Gasteiger partial charge in [-0.2, -0.15) is 0 Å². The summed E-state index contributed by atoms with van der Waals surface area (Å²) >= 11 is -9.62. The van der Waals surface area contributed by atoms with E-state index in [2.05, 4.69) is 0 Å². The van der Waals surface area contributed by atoms with Crippen molar-refractivity contribution in [3.63, 3.8) is 0 Å². The van der Waals surface area contributed by atoms with Crippen LogP contribution in [0.25, 0.3) is 0 Å². The van der Waals surface area contributed by atoms with Crippen molar-refractivity contribution >= 4 is 0 Å². The summed E-state index contributed by atoms with van der Waals surface area (Å²) in [6.45, 7) is 0. The van der Waals surface area contributed by atoms with Crippen LogP contribution in [0.2, 0.25) is 0 Å². The Balaban J connectivity index is -0.00000000857. The van der Waals surface area contributed by atoms with Crippen LogP contribution >= 0.6 is 0 Å². The molecule has 0 saturated carbocycles. The first kappa shape index (κ1) is 49.9. The Morgan fingerprint density at radius 3 is 0.429 bits per heavy atom. The number of rotatable bonds is 0. The second-order valence-electron chi connectivity index (χ2n) is 0.791. The zero-order valence-electron chi connectivity index (χ0n) is 9.27. The van der Waals surface area contributed by atoms with Crippen LogP contribution in [0.1, 0.15) is 0 Å². The monoisotopic (exact) mass is 447 g/mol. The van der Waals surface area contributed by atoms with Gasteiger partial charge in [0.25, 0.3) is 0 Å². The van der Waals surface area contributed by atoms with Crippen molar-refractivity contribution in [1.82, 2.24) is 0 Å². The molecule has 0 rings (SSSR count). The molecule has 7 nitrogen and oxygen atoms in total. The van der Waals surface area contributed by atoms with E-state index < -0.39 is 15.8 Å². The Morgan fingerprint density at radius 2 is 0.429 bits per heavy atom. The molecule has 0 aromatic carbocycles. The van der Waals surface area contributed by atoms with Gasteiger partial charge in [-0.1, -0.05) is 0 Å². The van der Waals surface area contributed by atoms with E-state index in [0.29, 0.717) is 0 Å². The van der Waals surface area contributed by atoms with Crippen molar-refractivity contribution in [2.75, 3.05) is 0 Å². The van der Waals surface area contributed by atoms with Crippen LogP contribution in [0.3, 0.4) is 0 Å². The minimum absolute atomic E-state index is 0. The van der Waals surface area contributed by atoms with Crippen LogP contribution in [-0.2, 0) is 15.8 Å². The van der Waals surface area contributed by atoms with Crippen LogP contribution < -0.4 is 200 Å². The third-order valence-electron chi connectivity index (χ3n) is 0. The summed E-state index contributed by atoms with van der Waals surface area (Å²) in [6.07, 6.45) is 0. The van der Waals surface area contributed by atoms with Crippen LogP contribution in [-0.4, -0.2) is 5.48 Å². The van der Waals surface area contributed by atoms with Gasteiger partial charge in [0, 0.05) is 0 Å². The fourth-order valence-electron chi connectivity index (χ4n) is 0. The summed E-state index contributed by atoms with van der Waals surface area (Å²) in [5, 5.41) is 0. The maximum absolute atomic E-state index is 9.62. The molecule has 60 valence electrons. The van der Waals surface area contributed by atoms with E-state index >= 15 is 0 Å². The van der Waals surface area contributed by atoms with Crippen molar-refractivity contribution in [2.45, 2.75) is 0 Å². The van der Waals surface area contributed by atoms with Crippen molar-refractivity contribution in [2.24, 2.45) is 0 Å². The molecular weight excluding hydrogens is 445 g/mol. The predicted octanol–water partition coefficient (Wildman–Crippen LogP) is -25.9. The van der Waals surface area contributed by atoms with Crippen molar-refractivity contribution in [3.8, 4) is 0 Å². The average Bonchev–Trinajstić information content (AvgIpc) is 0.592. The Bertz CT molecular complexity index is 76.7. The van der Waals surface area contributed by atoms with Crippen LogP contribution in [0.4, 0.5) is 0 Å². The van der Waals surface area contributed by atoms with Gasteiger partial charge in [0.15, 0.2) is 0 Å². The molecule has 14 heavy (non-hydrogen) atoms. The topological polar surface area (TPSA) is 170 Å². The zero-order chi connectivity index (χ0) is 6.41. The van der Waals surface area contributed by atoms with E-state index in [1.807, 2.05) is 0 Å². The van der Waals surface area contributed by atoms with E-state index in [4.69, 9.17) is 22.6 Å². The van der Waals surface area contributed by atoms with Crippen molar-refractivity contribution < 1.29 is 221 Å². The molecule has 0 aromatic rings. The summed E-state index contributed by atoms with van der Waals surface area (Å²) in [7, 11) is 0. The van der Waals surface area contributed by atoms with Gasteiger partial charge in [0.1, 0.15) is 0 Å². The first-order chi connectivity index (χ1) is 2.45. The molecule has 0 bridgehead atoms. The first-order valence-electron chi connectivity index (χ1n) is 0.775. The van der Waals surface area contributed by atoms with Crippen molar-refractivity contribution in [3.05, 3.63) is 0 Å². The molecule has 0 aromatic heterocycles. The Kier molecular flexibility index (Phi) is 51.2. The van der Waals surface area contributed by atoms with E-state index in [9.17, 15) is 0 Å². The predicted molar refractivity (Wildman–Crippen MR) is 3.61 cm³/mol. The van der Waals surface area contributed by atoms with Crippen LogP contribution in [0, 0.1) is 0 Å². The minimum atomic E-state index is -9.62. The summed E-state index contributed by atoms with van der Waals surface area (Å²) in [6, 6.07) is 0. The molecule has 0 aliphatic heterocycles. The Labute approximate surface area is 215 Å². The molecule has 14 heteroatoms. The standard InChI is InChI=1S/6Na.H2O.6O.Pt/h;;;;;;1H2;;;;;;;/q6*+1;;6*-1;. The third kappa shape index (κ3) is 136. The van der Waals surface area contributed by atoms with Crippen molar-refractivity contribution in [1.29, 1.82) is 0 Å². The zero-order valence-corrected chi connectivity index (χ0v) is 23.5. The summed E-state index contributed by atoms with van der Waals surface area (Å²) < 4.78 is 52.0. The Hall–Kier alpha value is 6.41. The van der Waals surface area contributed by atoms with E-state index in [-0.39, 0.29) is 183 Å². The van der Waals surface area contributed by atoms with E-state index in [0.717, 1.165) is 0 Å². The van der Waals surface area contributed by atoms with Gasteiger partial charge in [-0.05, 0) is 0 Å². The molecule has 0 unspecified atom stereocenters. The summed E-state index contributed by atoms with van der Waals surface area (Å²) in [5.74, 6) is 0. The molecule has 0 aliphatic carbocycles. The van der Waals surface area contributed by atoms with Gasteiger partial charge in [0.05, 0.1) is 0 Å². The number of hydrogen-bond donors (Lipinski definition) is 0. The first-order valence-corrected chi connectivity index (χ1v) is 6.34. The molecule has 0 fully saturated rings. The molecule has 0 amide bonds. The molecule has 0 radical (unpaired) electrons. The van der Waals surface area contributed by atoms with Gasteiger partial charge < -0.3 is 5.48 Å². The molecule has 0 heterocycles. The fourth-order valence-corrected chi connectivity index (χ4v) is 0. The van der Waals surface area contributed by atoms with Gasteiger partial charge >= 0.3 is 216 Å². The molecule has 2 N–H and O–H groups in total. The maximum atomic E-state index is 8.66. The normalized spacial score (nSPS) is 11.6. The van der Waals surface area contributed by atoms with Gasteiger partial charge in [0.2, 0.25) is 0 Å². The summed E-state index contributed by atoms with van der Waals surface area (Å²) in [5.41, 5.74) is 0. The average molecular weight is 447 g/mol. The molecule has 0 atom stereocenters. The molecular formula is H2Na6O7Pt. The van der Waals surface area contributed by atoms with E-state index in [1.165, 1.54) is 0 Å². The summed E-state index contributed by atoms with van der Waals surface area (Å²) in [4.78, 5) is 0. The second kappa shape index (κ2) is 14.3. The quantitative estimate of drug-likeness (QED) is 0.334. The Morgan fingerprint density at radius 1 is 0.429 bits per heavy atom. The molecule has 0 saturated heterocycles. The van der Waals surface area contributed by atoms with E-state index in [1.54, 1.807) is 0 Å². The van der Waals surface area contributed by atoms with Gasteiger partial charge in [-0.15, -0.1) is 0 Å². The molecule has 0 aliphatic rings. The van der Waals surface area contributed by atoms with Crippen LogP contribution in [0.5, 0.6) is 0 Å². The third-order valence-corrected chi connectivity index (χ3v) is 0. The SMILES string of the molecule is O.[Na+].[Na+].[Na+].[Na+].[Na+].[Na+].[O-][Pt]([O-])([O-])([O-])([O-])[O-]. The number of hydrogen-bond acceptors (Lipinski definition) is 6. The fraction of sp³-hybridized carbons (Fsp3) is 0.